The highest BCUT2D eigenvalue weighted by molar-refractivity contribution is 9.10. The number of halogens is 1. The lowest BCUT2D eigenvalue weighted by molar-refractivity contribution is 0.722. The molecule has 0 aromatic carbocycles. The first-order valence-corrected chi connectivity index (χ1v) is 8.53. The Morgan fingerprint density at radius 3 is 2.94 bits per heavy atom. The SMILES string of the molecule is Brc1ccc(SCCNCCc2ccsc2)nc1. The Labute approximate surface area is 124 Å². The smallest absolute Gasteiger partial charge is 0.0961 e. The van der Waals surface area contributed by atoms with Crippen molar-refractivity contribution in [3.05, 3.63) is 45.2 Å². The van der Waals surface area contributed by atoms with E-state index in [1.165, 1.54) is 5.56 Å². The molecule has 0 saturated carbocycles. The van der Waals surface area contributed by atoms with Crippen molar-refractivity contribution in [2.24, 2.45) is 0 Å². The summed E-state index contributed by atoms with van der Waals surface area (Å²) in [4.78, 5) is 4.33. The molecule has 0 atom stereocenters. The summed E-state index contributed by atoms with van der Waals surface area (Å²) in [7, 11) is 0. The van der Waals surface area contributed by atoms with Crippen molar-refractivity contribution < 1.29 is 0 Å². The zero-order valence-electron chi connectivity index (χ0n) is 9.93. The van der Waals surface area contributed by atoms with Crippen LogP contribution in [-0.2, 0) is 6.42 Å². The van der Waals surface area contributed by atoms with E-state index in [9.17, 15) is 0 Å². The van der Waals surface area contributed by atoms with Gasteiger partial charge in [0.2, 0.25) is 0 Å². The van der Waals surface area contributed by atoms with Gasteiger partial charge in [-0.15, -0.1) is 11.8 Å². The molecule has 2 heterocycles. The van der Waals surface area contributed by atoms with Crippen LogP contribution in [-0.4, -0.2) is 23.8 Å². The lowest BCUT2D eigenvalue weighted by atomic mass is 10.2. The molecule has 5 heteroatoms. The van der Waals surface area contributed by atoms with Gasteiger partial charge >= 0.3 is 0 Å². The maximum atomic E-state index is 4.33. The third-order valence-corrected chi connectivity index (χ3v) is 4.55. The van der Waals surface area contributed by atoms with Crippen LogP contribution in [0.25, 0.3) is 0 Å². The number of thioether (sulfide) groups is 1. The van der Waals surface area contributed by atoms with Gasteiger partial charge in [-0.3, -0.25) is 0 Å². The van der Waals surface area contributed by atoms with Crippen LogP contribution in [0.1, 0.15) is 5.56 Å². The maximum Gasteiger partial charge on any atom is 0.0961 e. The van der Waals surface area contributed by atoms with Crippen LogP contribution in [0.4, 0.5) is 0 Å². The summed E-state index contributed by atoms with van der Waals surface area (Å²) in [5.41, 5.74) is 1.43. The van der Waals surface area contributed by atoms with Crippen LogP contribution >= 0.6 is 39.0 Å². The summed E-state index contributed by atoms with van der Waals surface area (Å²) in [5.74, 6) is 1.05. The molecule has 1 N–H and O–H groups in total. The number of nitrogens with one attached hydrogen (secondary N) is 1. The summed E-state index contributed by atoms with van der Waals surface area (Å²) >= 11 is 6.93. The maximum absolute atomic E-state index is 4.33. The van der Waals surface area contributed by atoms with E-state index in [1.54, 1.807) is 23.1 Å². The molecule has 18 heavy (non-hydrogen) atoms. The molecule has 0 spiro atoms. The Kier molecular flexibility index (Phi) is 6.20. The van der Waals surface area contributed by atoms with E-state index in [0.29, 0.717) is 0 Å². The van der Waals surface area contributed by atoms with Crippen LogP contribution in [0, 0.1) is 0 Å². The molecule has 0 bridgehead atoms. The minimum Gasteiger partial charge on any atom is -0.316 e. The minimum absolute atomic E-state index is 1.02. The predicted octanol–water partition coefficient (Wildman–Crippen LogP) is 3.83. The summed E-state index contributed by atoms with van der Waals surface area (Å²) in [6.45, 7) is 2.07. The number of nitrogens with zero attached hydrogens (tertiary/aromatic N) is 1. The molecule has 0 fully saturated rings. The zero-order valence-corrected chi connectivity index (χ0v) is 13.2. The number of aromatic nitrogens is 1. The van der Waals surface area contributed by atoms with Gasteiger partial charge in [0.05, 0.1) is 5.03 Å². The first-order chi connectivity index (χ1) is 8.84. The first-order valence-electron chi connectivity index (χ1n) is 5.81. The molecule has 0 aliphatic heterocycles. The molecule has 2 aromatic heterocycles. The highest BCUT2D eigenvalue weighted by atomic mass is 79.9. The Hall–Kier alpha value is -0.360. The van der Waals surface area contributed by atoms with E-state index in [0.717, 1.165) is 34.8 Å². The fourth-order valence-corrected chi connectivity index (χ4v) is 3.15. The lowest BCUT2D eigenvalue weighted by Gasteiger charge is -2.03. The largest absolute Gasteiger partial charge is 0.316 e. The van der Waals surface area contributed by atoms with Gasteiger partial charge in [0.15, 0.2) is 0 Å². The van der Waals surface area contributed by atoms with Crippen molar-refractivity contribution in [2.45, 2.75) is 11.4 Å². The monoisotopic (exact) mass is 342 g/mol. The predicted molar refractivity (Wildman–Crippen MR) is 83.6 cm³/mol. The quantitative estimate of drug-likeness (QED) is 0.611. The van der Waals surface area contributed by atoms with Gasteiger partial charge in [0, 0.05) is 23.0 Å². The topological polar surface area (TPSA) is 24.9 Å². The van der Waals surface area contributed by atoms with Crippen LogP contribution in [0.5, 0.6) is 0 Å². The average molecular weight is 343 g/mol. The number of hydrogen-bond acceptors (Lipinski definition) is 4. The van der Waals surface area contributed by atoms with Crippen molar-refractivity contribution in [1.82, 2.24) is 10.3 Å². The zero-order chi connectivity index (χ0) is 12.6. The van der Waals surface area contributed by atoms with E-state index in [4.69, 9.17) is 0 Å². The van der Waals surface area contributed by atoms with Crippen LogP contribution in [0.3, 0.4) is 0 Å². The van der Waals surface area contributed by atoms with Crippen LogP contribution in [0.15, 0.2) is 44.7 Å². The van der Waals surface area contributed by atoms with E-state index < -0.39 is 0 Å². The summed E-state index contributed by atoms with van der Waals surface area (Å²) < 4.78 is 1.03. The number of hydrogen-bond donors (Lipinski definition) is 1. The first kappa shape index (κ1) is 14.1. The van der Waals surface area contributed by atoms with Crippen LogP contribution in [0.2, 0.25) is 0 Å². The van der Waals surface area contributed by atoms with E-state index >= 15 is 0 Å². The molecular weight excluding hydrogens is 328 g/mol. The number of thiophene rings is 1. The normalized spacial score (nSPS) is 10.7. The summed E-state index contributed by atoms with van der Waals surface area (Å²) in [6, 6.07) is 6.26. The van der Waals surface area contributed by atoms with Crippen molar-refractivity contribution in [2.75, 3.05) is 18.8 Å². The van der Waals surface area contributed by atoms with Gasteiger partial charge in [0.25, 0.3) is 0 Å². The molecule has 2 rings (SSSR count). The molecule has 2 aromatic rings. The second-order valence-corrected chi connectivity index (χ2v) is 6.61. The fraction of sp³-hybridized carbons (Fsp3) is 0.308. The molecule has 0 radical (unpaired) electrons. The van der Waals surface area contributed by atoms with Gasteiger partial charge in [-0.2, -0.15) is 11.3 Å². The summed E-state index contributed by atoms with van der Waals surface area (Å²) in [6.07, 6.45) is 2.96. The molecule has 0 saturated heterocycles. The Morgan fingerprint density at radius 1 is 1.28 bits per heavy atom. The van der Waals surface area contributed by atoms with Crippen LogP contribution < -0.4 is 5.32 Å². The molecule has 0 aliphatic carbocycles. The molecule has 0 aliphatic rings. The molecule has 96 valence electrons. The fourth-order valence-electron chi connectivity index (χ4n) is 1.47. The third-order valence-electron chi connectivity index (χ3n) is 2.40. The Bertz CT molecular complexity index is 443. The van der Waals surface area contributed by atoms with E-state index in [-0.39, 0.29) is 0 Å². The van der Waals surface area contributed by atoms with E-state index in [2.05, 4.69) is 43.1 Å². The number of pyridine rings is 1. The van der Waals surface area contributed by atoms with Gasteiger partial charge in [-0.25, -0.2) is 4.98 Å². The molecule has 2 nitrogen and oxygen atoms in total. The average Bonchev–Trinajstić information content (AvgIpc) is 2.89. The molecule has 0 unspecified atom stereocenters. The summed E-state index contributed by atoms with van der Waals surface area (Å²) in [5, 5.41) is 8.87. The molecular formula is C13H15BrN2S2. The standard InChI is InChI=1S/C13H15BrN2S2/c14-12-1-2-13(16-9-12)18-8-6-15-5-3-11-4-7-17-10-11/h1-2,4,7,9-10,15H,3,5-6,8H2. The van der Waals surface area contributed by atoms with Gasteiger partial charge in [-0.1, -0.05) is 0 Å². The minimum atomic E-state index is 1.02. The van der Waals surface area contributed by atoms with Crippen molar-refractivity contribution in [3.63, 3.8) is 0 Å². The second kappa shape index (κ2) is 7.94. The molecule has 0 amide bonds. The van der Waals surface area contributed by atoms with Gasteiger partial charge in [0.1, 0.15) is 0 Å². The lowest BCUT2D eigenvalue weighted by Crippen LogP contribution is -2.19. The Balaban J connectivity index is 1.55. The van der Waals surface area contributed by atoms with Gasteiger partial charge < -0.3 is 5.32 Å². The van der Waals surface area contributed by atoms with Gasteiger partial charge in [-0.05, 0) is 63.4 Å². The number of rotatable bonds is 7. The highest BCUT2D eigenvalue weighted by Gasteiger charge is 1.96. The van der Waals surface area contributed by atoms with Crippen molar-refractivity contribution >= 4 is 39.0 Å². The van der Waals surface area contributed by atoms with Crippen molar-refractivity contribution in [1.29, 1.82) is 0 Å². The third kappa shape index (κ3) is 5.10. The highest BCUT2D eigenvalue weighted by Crippen LogP contribution is 2.16. The van der Waals surface area contributed by atoms with Crippen molar-refractivity contribution in [3.8, 4) is 0 Å². The van der Waals surface area contributed by atoms with E-state index in [1.807, 2.05) is 18.3 Å². The Morgan fingerprint density at radius 2 is 2.22 bits per heavy atom. The second-order valence-electron chi connectivity index (χ2n) is 3.79.